The van der Waals surface area contributed by atoms with Crippen molar-refractivity contribution in [2.45, 2.75) is 57.7 Å². The quantitative estimate of drug-likeness (QED) is 0.139. The number of anilines is 2. The molecule has 12 nitrogen and oxygen atoms in total. The smallest absolute Gasteiger partial charge is 0.429 e. The minimum Gasteiger partial charge on any atom is -0.459 e. The van der Waals surface area contributed by atoms with Crippen molar-refractivity contribution in [3.05, 3.63) is 124 Å². The van der Waals surface area contributed by atoms with Crippen LogP contribution >= 0.6 is 15.9 Å². The molecule has 2 aliphatic heterocycles. The maximum atomic E-state index is 14.7. The van der Waals surface area contributed by atoms with Crippen molar-refractivity contribution in [2.24, 2.45) is 5.41 Å². The second-order valence-corrected chi connectivity index (χ2v) is 15.0. The van der Waals surface area contributed by atoms with Gasteiger partial charge in [0.15, 0.2) is 0 Å². The van der Waals surface area contributed by atoms with Crippen molar-refractivity contribution in [3.63, 3.8) is 0 Å². The number of hydrogen-bond donors (Lipinski definition) is 1. The molecule has 2 aromatic heterocycles. The van der Waals surface area contributed by atoms with Crippen LogP contribution in [-0.2, 0) is 27.5 Å². The number of likely N-dealkylation sites (tertiary alicyclic amines) is 1. The van der Waals surface area contributed by atoms with Crippen LogP contribution in [0, 0.1) is 12.3 Å². The molecule has 56 heavy (non-hydrogen) atoms. The van der Waals surface area contributed by atoms with Crippen molar-refractivity contribution in [2.75, 3.05) is 30.3 Å². The van der Waals surface area contributed by atoms with Crippen molar-refractivity contribution < 1.29 is 37.0 Å². The van der Waals surface area contributed by atoms with Crippen LogP contribution in [0.15, 0.2) is 102 Å². The molecule has 1 spiro atoms. The van der Waals surface area contributed by atoms with E-state index in [2.05, 4.69) is 31.0 Å². The predicted molar refractivity (Wildman–Crippen MR) is 204 cm³/mol. The maximum Gasteiger partial charge on any atom is 0.429 e. The van der Waals surface area contributed by atoms with Gasteiger partial charge in [-0.15, -0.1) is 0 Å². The number of amides is 1. The number of aromatic nitrogens is 4. The SMILES string of the molecule is Cc1ccn(-c2cc(Br)ccc2[C@@H](Oc2cc(N3CCC4(CC3)C[C@@H](C(=O)OCc3ccccc3)N(C(=O)OCc3ccccc3)C4)nc(N)n2)C(F)(F)F)n1. The lowest BCUT2D eigenvalue weighted by Crippen LogP contribution is -2.43. The monoisotopic (exact) mass is 833 g/mol. The Morgan fingerprint density at radius 2 is 1.59 bits per heavy atom. The van der Waals surface area contributed by atoms with Crippen LogP contribution in [-0.4, -0.2) is 68.6 Å². The topological polar surface area (TPSA) is 138 Å². The van der Waals surface area contributed by atoms with E-state index in [1.807, 2.05) is 65.6 Å². The van der Waals surface area contributed by atoms with E-state index >= 15 is 0 Å². The van der Waals surface area contributed by atoms with Crippen LogP contribution in [0.1, 0.15) is 47.8 Å². The van der Waals surface area contributed by atoms with Gasteiger partial charge in [0.2, 0.25) is 17.9 Å². The average molecular weight is 835 g/mol. The number of carbonyl (C=O) groups excluding carboxylic acids is 2. The van der Waals surface area contributed by atoms with Gasteiger partial charge in [-0.05, 0) is 60.9 Å². The molecular formula is C40H39BrF3N7O5. The van der Waals surface area contributed by atoms with Crippen LogP contribution in [0.3, 0.4) is 0 Å². The molecule has 2 N–H and O–H groups in total. The summed E-state index contributed by atoms with van der Waals surface area (Å²) < 4.78 is 63.1. The molecule has 2 aliphatic rings. The first kappa shape index (κ1) is 38.6. The number of hydrogen-bond acceptors (Lipinski definition) is 10. The summed E-state index contributed by atoms with van der Waals surface area (Å²) in [6, 6.07) is 25.1. The molecule has 2 atom stereocenters. The molecule has 5 aromatic rings. The van der Waals surface area contributed by atoms with Crippen molar-refractivity contribution >= 4 is 39.8 Å². The summed E-state index contributed by atoms with van der Waals surface area (Å²) in [5, 5.41) is 4.31. The van der Waals surface area contributed by atoms with E-state index in [-0.39, 0.29) is 48.7 Å². The van der Waals surface area contributed by atoms with E-state index in [9.17, 15) is 22.8 Å². The molecule has 2 fully saturated rings. The highest BCUT2D eigenvalue weighted by atomic mass is 79.9. The molecule has 1 amide bonds. The third-order valence-electron chi connectivity index (χ3n) is 10.1. The Kier molecular flexibility index (Phi) is 11.2. The largest absolute Gasteiger partial charge is 0.459 e. The molecular weight excluding hydrogens is 795 g/mol. The Bertz CT molecular complexity index is 2100. The Labute approximate surface area is 329 Å². The first-order chi connectivity index (χ1) is 26.9. The lowest BCUT2D eigenvalue weighted by atomic mass is 9.76. The lowest BCUT2D eigenvalue weighted by Gasteiger charge is -2.39. The van der Waals surface area contributed by atoms with Crippen molar-refractivity contribution in [1.82, 2.24) is 24.6 Å². The Morgan fingerprint density at radius 3 is 2.21 bits per heavy atom. The summed E-state index contributed by atoms with van der Waals surface area (Å²) in [6.45, 7) is 2.93. The molecule has 0 saturated carbocycles. The number of esters is 1. The molecule has 292 valence electrons. The number of ether oxygens (including phenoxy) is 3. The highest BCUT2D eigenvalue weighted by Gasteiger charge is 2.51. The van der Waals surface area contributed by atoms with Gasteiger partial charge >= 0.3 is 18.2 Å². The van der Waals surface area contributed by atoms with E-state index in [4.69, 9.17) is 19.9 Å². The van der Waals surface area contributed by atoms with E-state index in [0.717, 1.165) is 11.1 Å². The van der Waals surface area contributed by atoms with E-state index in [1.54, 1.807) is 19.2 Å². The number of benzene rings is 3. The highest BCUT2D eigenvalue weighted by molar-refractivity contribution is 9.10. The normalized spacial score (nSPS) is 17.1. The average Bonchev–Trinajstić information content (AvgIpc) is 3.79. The first-order valence-corrected chi connectivity index (χ1v) is 18.8. The fourth-order valence-electron chi connectivity index (χ4n) is 7.22. The van der Waals surface area contributed by atoms with Crippen LogP contribution in [0.4, 0.5) is 29.7 Å². The molecule has 7 rings (SSSR count). The molecule has 0 unspecified atom stereocenters. The fraction of sp³-hybridized carbons (Fsp3) is 0.325. The zero-order valence-electron chi connectivity index (χ0n) is 30.4. The summed E-state index contributed by atoms with van der Waals surface area (Å²) in [5.74, 6) is -0.842. The van der Waals surface area contributed by atoms with Crippen molar-refractivity contribution in [1.29, 1.82) is 0 Å². The van der Waals surface area contributed by atoms with Crippen LogP contribution in [0.2, 0.25) is 0 Å². The Morgan fingerprint density at radius 1 is 0.929 bits per heavy atom. The zero-order chi connectivity index (χ0) is 39.5. The molecule has 16 heteroatoms. The van der Waals surface area contributed by atoms with Gasteiger partial charge in [-0.3, -0.25) is 4.90 Å². The van der Waals surface area contributed by atoms with Gasteiger partial charge in [-0.2, -0.15) is 28.2 Å². The van der Waals surface area contributed by atoms with E-state index < -0.39 is 35.8 Å². The second-order valence-electron chi connectivity index (χ2n) is 14.0. The maximum absolute atomic E-state index is 14.7. The Balaban J connectivity index is 1.07. The molecule has 3 aromatic carbocycles. The number of carbonyl (C=O) groups is 2. The van der Waals surface area contributed by atoms with Gasteiger partial charge in [0, 0.05) is 41.9 Å². The number of alkyl halides is 3. The van der Waals surface area contributed by atoms with Crippen LogP contribution in [0.5, 0.6) is 5.88 Å². The summed E-state index contributed by atoms with van der Waals surface area (Å²) in [4.78, 5) is 38.8. The molecule has 2 saturated heterocycles. The second kappa shape index (κ2) is 16.2. The number of aryl methyl sites for hydroxylation is 1. The number of rotatable bonds is 10. The predicted octanol–water partition coefficient (Wildman–Crippen LogP) is 7.74. The third kappa shape index (κ3) is 8.91. The van der Waals surface area contributed by atoms with Gasteiger partial charge in [0.1, 0.15) is 25.1 Å². The van der Waals surface area contributed by atoms with Crippen molar-refractivity contribution in [3.8, 4) is 11.6 Å². The van der Waals surface area contributed by atoms with Gasteiger partial charge < -0.3 is 24.8 Å². The molecule has 4 heterocycles. The fourth-order valence-corrected chi connectivity index (χ4v) is 7.57. The van der Waals surface area contributed by atoms with E-state index in [0.29, 0.717) is 42.5 Å². The minimum atomic E-state index is -4.84. The highest BCUT2D eigenvalue weighted by Crippen LogP contribution is 2.45. The summed E-state index contributed by atoms with van der Waals surface area (Å²) in [5.41, 5.74) is 7.86. The number of nitrogen functional groups attached to an aromatic ring is 1. The number of nitrogens with zero attached hydrogens (tertiary/aromatic N) is 6. The Hall–Kier alpha value is -5.64. The number of nitrogens with two attached hydrogens (primary N) is 1. The molecule has 0 bridgehead atoms. The zero-order valence-corrected chi connectivity index (χ0v) is 31.9. The lowest BCUT2D eigenvalue weighted by molar-refractivity contribution is -0.198. The number of halogens is 4. The van der Waals surface area contributed by atoms with Gasteiger partial charge in [0.05, 0.1) is 11.4 Å². The van der Waals surface area contributed by atoms with Gasteiger partial charge in [0.25, 0.3) is 0 Å². The third-order valence-corrected chi connectivity index (χ3v) is 10.6. The van der Waals surface area contributed by atoms with Gasteiger partial charge in [-0.25, -0.2) is 14.3 Å². The summed E-state index contributed by atoms with van der Waals surface area (Å²) in [6.07, 6.45) is -4.86. The first-order valence-electron chi connectivity index (χ1n) is 18.0. The van der Waals surface area contributed by atoms with E-state index in [1.165, 1.54) is 33.8 Å². The summed E-state index contributed by atoms with van der Waals surface area (Å²) >= 11 is 3.35. The minimum absolute atomic E-state index is 0.0452. The van der Waals surface area contributed by atoms with Crippen LogP contribution < -0.4 is 15.4 Å². The van der Waals surface area contributed by atoms with Crippen LogP contribution in [0.25, 0.3) is 5.69 Å². The standard InChI is InChI=1S/C40H39BrF3N7O5/c1-26-14-17-51(48-26)31-20-29(41)12-13-30(31)35(40(42,43)44)56-34-21-33(46-37(45)47-34)49-18-15-39(16-19-49)22-32(36(52)54-23-27-8-4-2-5-9-27)50(25-39)38(53)55-24-28-10-6-3-7-11-28/h2-14,17,20-21,32,35H,15-16,18-19,22-25H2,1H3,(H2,45,46,47)/t32-,35+/m0/s1. The molecule has 0 aliphatic carbocycles. The molecule has 0 radical (unpaired) electrons. The summed E-state index contributed by atoms with van der Waals surface area (Å²) in [7, 11) is 0. The van der Waals surface area contributed by atoms with Gasteiger partial charge in [-0.1, -0.05) is 82.7 Å². The number of piperidine rings is 1.